The van der Waals surface area contributed by atoms with Crippen molar-refractivity contribution in [3.05, 3.63) is 12.2 Å². The van der Waals surface area contributed by atoms with Crippen LogP contribution < -0.4 is 5.73 Å². The molecular formula is C20H41NO5S. The van der Waals surface area contributed by atoms with Crippen molar-refractivity contribution in [3.63, 3.8) is 0 Å². The van der Waals surface area contributed by atoms with E-state index in [2.05, 4.69) is 12.2 Å². The highest BCUT2D eigenvalue weighted by molar-refractivity contribution is 7.79. The fourth-order valence-corrected chi connectivity index (χ4v) is 2.69. The molecule has 0 unspecified atom stereocenters. The number of ketones is 1. The molecule has 0 aliphatic rings. The number of rotatable bonds is 17. The minimum atomic E-state index is -4.67. The van der Waals surface area contributed by atoms with E-state index in [1.165, 1.54) is 83.5 Å². The van der Waals surface area contributed by atoms with Gasteiger partial charge in [-0.05, 0) is 52.0 Å². The molecule has 0 atom stereocenters. The van der Waals surface area contributed by atoms with Crippen LogP contribution in [0.4, 0.5) is 0 Å². The van der Waals surface area contributed by atoms with Crippen LogP contribution in [0.25, 0.3) is 0 Å². The SMILES string of the molecule is CC(=O)CCCCCCCCC=CCCCCCCCCN.O=S(=O)(O)O. The zero-order valence-electron chi connectivity index (χ0n) is 17.1. The third-order valence-electron chi connectivity index (χ3n) is 4.14. The van der Waals surface area contributed by atoms with Crippen LogP contribution in [0.15, 0.2) is 12.2 Å². The lowest BCUT2D eigenvalue weighted by molar-refractivity contribution is -0.117. The van der Waals surface area contributed by atoms with Gasteiger partial charge in [0.25, 0.3) is 0 Å². The Hall–Kier alpha value is -0.760. The molecule has 0 radical (unpaired) electrons. The molecule has 0 amide bonds. The molecule has 7 heteroatoms. The second-order valence-corrected chi connectivity index (χ2v) is 7.88. The van der Waals surface area contributed by atoms with Crippen LogP contribution in [0.2, 0.25) is 0 Å². The number of allylic oxidation sites excluding steroid dienone is 2. The van der Waals surface area contributed by atoms with E-state index in [-0.39, 0.29) is 0 Å². The van der Waals surface area contributed by atoms with Crippen LogP contribution in [-0.4, -0.2) is 29.9 Å². The molecule has 0 fully saturated rings. The van der Waals surface area contributed by atoms with Crippen LogP contribution in [0.3, 0.4) is 0 Å². The van der Waals surface area contributed by atoms with Crippen molar-refractivity contribution >= 4 is 16.2 Å². The number of carbonyl (C=O) groups excluding carboxylic acids is 1. The molecule has 0 heterocycles. The van der Waals surface area contributed by atoms with Crippen molar-refractivity contribution in [3.8, 4) is 0 Å². The first-order chi connectivity index (χ1) is 12.8. The van der Waals surface area contributed by atoms with Gasteiger partial charge in [-0.1, -0.05) is 63.5 Å². The molecule has 0 aromatic rings. The Balaban J connectivity index is 0. The van der Waals surface area contributed by atoms with Crippen molar-refractivity contribution in [1.82, 2.24) is 0 Å². The number of carbonyl (C=O) groups is 1. The van der Waals surface area contributed by atoms with Crippen LogP contribution in [0.5, 0.6) is 0 Å². The Kier molecular flexibility index (Phi) is 22.7. The van der Waals surface area contributed by atoms with E-state index in [1.54, 1.807) is 6.92 Å². The van der Waals surface area contributed by atoms with Gasteiger partial charge in [-0.3, -0.25) is 9.11 Å². The van der Waals surface area contributed by atoms with Gasteiger partial charge in [0.15, 0.2) is 0 Å². The summed E-state index contributed by atoms with van der Waals surface area (Å²) < 4.78 is 31.6. The van der Waals surface area contributed by atoms with Gasteiger partial charge in [0.1, 0.15) is 5.78 Å². The van der Waals surface area contributed by atoms with E-state index in [0.29, 0.717) is 5.78 Å². The Bertz CT molecular complexity index is 441. The second kappa shape index (κ2) is 21.5. The molecule has 0 aromatic carbocycles. The van der Waals surface area contributed by atoms with Gasteiger partial charge < -0.3 is 10.5 Å². The van der Waals surface area contributed by atoms with Crippen LogP contribution in [0, 0.1) is 0 Å². The molecule has 0 aromatic heterocycles. The maximum absolute atomic E-state index is 10.8. The lowest BCUT2D eigenvalue weighted by atomic mass is 10.1. The van der Waals surface area contributed by atoms with Crippen molar-refractivity contribution in [1.29, 1.82) is 0 Å². The number of hydrogen-bond donors (Lipinski definition) is 3. The summed E-state index contributed by atoms with van der Waals surface area (Å²) >= 11 is 0. The van der Waals surface area contributed by atoms with Gasteiger partial charge in [0, 0.05) is 6.42 Å². The number of Topliss-reactive ketones (excluding diaryl/α,β-unsaturated/α-hetero) is 1. The lowest BCUT2D eigenvalue weighted by Crippen LogP contribution is -1.97. The van der Waals surface area contributed by atoms with Crippen molar-refractivity contribution < 1.29 is 22.3 Å². The summed E-state index contributed by atoms with van der Waals surface area (Å²) in [4.78, 5) is 10.8. The van der Waals surface area contributed by atoms with Crippen LogP contribution in [0.1, 0.15) is 103 Å². The lowest BCUT2D eigenvalue weighted by Gasteiger charge is -2.00. The third-order valence-corrected chi connectivity index (χ3v) is 4.14. The molecule has 27 heavy (non-hydrogen) atoms. The summed E-state index contributed by atoms with van der Waals surface area (Å²) in [5.74, 6) is 0.334. The number of unbranched alkanes of at least 4 members (excludes halogenated alkanes) is 12. The second-order valence-electron chi connectivity index (χ2n) is 6.98. The normalized spacial score (nSPS) is 11.4. The first-order valence-electron chi connectivity index (χ1n) is 10.3. The zero-order chi connectivity index (χ0) is 20.8. The third kappa shape index (κ3) is 41.0. The summed E-state index contributed by atoms with van der Waals surface area (Å²) in [6, 6.07) is 0. The summed E-state index contributed by atoms with van der Waals surface area (Å²) in [6.07, 6.45) is 23.5. The molecule has 4 N–H and O–H groups in total. The average Bonchev–Trinajstić information content (AvgIpc) is 2.56. The summed E-state index contributed by atoms with van der Waals surface area (Å²) in [5.41, 5.74) is 5.48. The standard InChI is InChI=1S/C20H39NO.H2O4S/c1-20(22)18-16-14-12-10-8-6-4-2-3-5-7-9-11-13-15-17-19-21;1-5(2,3)4/h2-3H,4-19,21H2,1H3;(H2,1,2,3,4). The molecule has 162 valence electrons. The maximum Gasteiger partial charge on any atom is 0.394 e. The van der Waals surface area contributed by atoms with E-state index >= 15 is 0 Å². The van der Waals surface area contributed by atoms with Crippen molar-refractivity contribution in [2.45, 2.75) is 103 Å². The van der Waals surface area contributed by atoms with Crippen LogP contribution in [-0.2, 0) is 15.2 Å². The van der Waals surface area contributed by atoms with E-state index < -0.39 is 10.4 Å². The van der Waals surface area contributed by atoms with E-state index in [4.69, 9.17) is 23.3 Å². The molecule has 0 aliphatic heterocycles. The van der Waals surface area contributed by atoms with Crippen LogP contribution >= 0.6 is 0 Å². The zero-order valence-corrected chi connectivity index (χ0v) is 17.9. The fourth-order valence-electron chi connectivity index (χ4n) is 2.69. The van der Waals surface area contributed by atoms with Gasteiger partial charge in [-0.15, -0.1) is 0 Å². The molecule has 0 spiro atoms. The smallest absolute Gasteiger partial charge is 0.330 e. The first kappa shape index (κ1) is 28.4. The Morgan fingerprint density at radius 1 is 0.741 bits per heavy atom. The molecule has 0 aliphatic carbocycles. The largest absolute Gasteiger partial charge is 0.394 e. The minimum Gasteiger partial charge on any atom is -0.330 e. The molecule has 0 rings (SSSR count). The summed E-state index contributed by atoms with van der Waals surface area (Å²) in [7, 11) is -4.67. The highest BCUT2D eigenvalue weighted by Gasteiger charge is 1.94. The summed E-state index contributed by atoms with van der Waals surface area (Å²) in [5, 5.41) is 0. The quantitative estimate of drug-likeness (QED) is 0.171. The Morgan fingerprint density at radius 2 is 1.07 bits per heavy atom. The monoisotopic (exact) mass is 407 g/mol. The van der Waals surface area contributed by atoms with E-state index in [0.717, 1.165) is 19.4 Å². The highest BCUT2D eigenvalue weighted by atomic mass is 32.3. The van der Waals surface area contributed by atoms with Gasteiger partial charge in [0.05, 0.1) is 0 Å². The molecule has 0 saturated carbocycles. The predicted octanol–water partition coefficient (Wildman–Crippen LogP) is 5.29. The predicted molar refractivity (Wildman–Crippen MR) is 112 cm³/mol. The molecule has 0 saturated heterocycles. The van der Waals surface area contributed by atoms with Gasteiger partial charge in [-0.2, -0.15) is 8.42 Å². The Morgan fingerprint density at radius 3 is 1.44 bits per heavy atom. The van der Waals surface area contributed by atoms with E-state index in [1.807, 2.05) is 0 Å². The number of nitrogens with two attached hydrogens (primary N) is 1. The fraction of sp³-hybridized carbons (Fsp3) is 0.850. The topological polar surface area (TPSA) is 118 Å². The molecule has 6 nitrogen and oxygen atoms in total. The minimum absolute atomic E-state index is 0.334. The highest BCUT2D eigenvalue weighted by Crippen LogP contribution is 2.10. The van der Waals surface area contributed by atoms with Crippen molar-refractivity contribution in [2.24, 2.45) is 5.73 Å². The Labute approximate surface area is 166 Å². The summed E-state index contributed by atoms with van der Waals surface area (Å²) in [6.45, 7) is 2.54. The van der Waals surface area contributed by atoms with Gasteiger partial charge in [0.2, 0.25) is 0 Å². The maximum atomic E-state index is 10.8. The van der Waals surface area contributed by atoms with Gasteiger partial charge in [-0.25, -0.2) is 0 Å². The van der Waals surface area contributed by atoms with E-state index in [9.17, 15) is 4.79 Å². The average molecular weight is 408 g/mol. The molecular weight excluding hydrogens is 366 g/mol. The van der Waals surface area contributed by atoms with Crippen molar-refractivity contribution in [2.75, 3.05) is 6.54 Å². The first-order valence-corrected chi connectivity index (χ1v) is 11.7. The molecule has 0 bridgehead atoms. The number of hydrogen-bond acceptors (Lipinski definition) is 4. The van der Waals surface area contributed by atoms with Gasteiger partial charge >= 0.3 is 10.4 Å².